The maximum Gasteiger partial charge on any atom is 0.227 e. The van der Waals surface area contributed by atoms with Crippen LogP contribution in [0.25, 0.3) is 0 Å². The van der Waals surface area contributed by atoms with E-state index in [-0.39, 0.29) is 11.7 Å². The molecule has 1 amide bonds. The SMILES string of the molecule is CCN(CCCl)C(=O)Cc1cccc(O)c1. The topological polar surface area (TPSA) is 40.5 Å². The Kier molecular flexibility index (Phi) is 5.12. The van der Waals surface area contributed by atoms with E-state index in [4.69, 9.17) is 11.6 Å². The van der Waals surface area contributed by atoms with Gasteiger partial charge in [0.25, 0.3) is 0 Å². The third kappa shape index (κ3) is 3.74. The summed E-state index contributed by atoms with van der Waals surface area (Å²) in [5.41, 5.74) is 0.818. The highest BCUT2D eigenvalue weighted by molar-refractivity contribution is 6.18. The number of alkyl halides is 1. The fraction of sp³-hybridized carbons (Fsp3) is 0.417. The van der Waals surface area contributed by atoms with Crippen LogP contribution in [0.15, 0.2) is 24.3 Å². The van der Waals surface area contributed by atoms with Crippen molar-refractivity contribution in [2.75, 3.05) is 19.0 Å². The summed E-state index contributed by atoms with van der Waals surface area (Å²) in [7, 11) is 0. The maximum absolute atomic E-state index is 11.8. The molecule has 0 fully saturated rings. The molecule has 0 saturated heterocycles. The van der Waals surface area contributed by atoms with Gasteiger partial charge in [-0.1, -0.05) is 12.1 Å². The number of carbonyl (C=O) groups excluding carboxylic acids is 1. The monoisotopic (exact) mass is 241 g/mol. The van der Waals surface area contributed by atoms with Crippen LogP contribution in [0.1, 0.15) is 12.5 Å². The molecule has 88 valence electrons. The lowest BCUT2D eigenvalue weighted by Crippen LogP contribution is -2.33. The smallest absolute Gasteiger partial charge is 0.227 e. The molecule has 0 aliphatic heterocycles. The zero-order chi connectivity index (χ0) is 12.0. The molecule has 0 atom stereocenters. The Morgan fingerprint density at radius 3 is 2.81 bits per heavy atom. The van der Waals surface area contributed by atoms with E-state index in [1.54, 1.807) is 23.1 Å². The molecule has 0 aliphatic carbocycles. The predicted octanol–water partition coefficient (Wildman–Crippen LogP) is 2.02. The molecular formula is C12H16ClNO2. The molecule has 0 unspecified atom stereocenters. The van der Waals surface area contributed by atoms with Crippen LogP contribution in [0.3, 0.4) is 0 Å². The normalized spacial score (nSPS) is 10.1. The molecule has 1 aromatic rings. The van der Waals surface area contributed by atoms with Gasteiger partial charge in [-0.15, -0.1) is 11.6 Å². The third-order valence-electron chi connectivity index (χ3n) is 2.35. The lowest BCUT2D eigenvalue weighted by Gasteiger charge is -2.19. The zero-order valence-corrected chi connectivity index (χ0v) is 10.1. The molecule has 1 aromatic carbocycles. The van der Waals surface area contributed by atoms with E-state index in [1.165, 1.54) is 0 Å². The van der Waals surface area contributed by atoms with E-state index in [0.717, 1.165) is 5.56 Å². The van der Waals surface area contributed by atoms with Gasteiger partial charge in [0.2, 0.25) is 5.91 Å². The van der Waals surface area contributed by atoms with E-state index in [0.29, 0.717) is 25.4 Å². The first-order valence-electron chi connectivity index (χ1n) is 5.29. The predicted molar refractivity (Wildman–Crippen MR) is 64.8 cm³/mol. The molecule has 4 heteroatoms. The molecule has 0 saturated carbocycles. The summed E-state index contributed by atoms with van der Waals surface area (Å²) in [6.45, 7) is 3.15. The summed E-state index contributed by atoms with van der Waals surface area (Å²) in [5, 5.41) is 9.28. The van der Waals surface area contributed by atoms with Crippen molar-refractivity contribution in [3.05, 3.63) is 29.8 Å². The van der Waals surface area contributed by atoms with Crippen LogP contribution in [0, 0.1) is 0 Å². The van der Waals surface area contributed by atoms with Crippen LogP contribution in [0.4, 0.5) is 0 Å². The number of carbonyl (C=O) groups is 1. The van der Waals surface area contributed by atoms with E-state index < -0.39 is 0 Å². The molecule has 1 N–H and O–H groups in total. The van der Waals surface area contributed by atoms with Gasteiger partial charge in [-0.05, 0) is 24.6 Å². The van der Waals surface area contributed by atoms with Gasteiger partial charge < -0.3 is 10.0 Å². The highest BCUT2D eigenvalue weighted by Crippen LogP contribution is 2.12. The minimum Gasteiger partial charge on any atom is -0.508 e. The number of halogens is 1. The number of amides is 1. The second kappa shape index (κ2) is 6.38. The van der Waals surface area contributed by atoms with Gasteiger partial charge in [0.15, 0.2) is 0 Å². The average Bonchev–Trinajstić information content (AvgIpc) is 2.25. The highest BCUT2D eigenvalue weighted by atomic mass is 35.5. The van der Waals surface area contributed by atoms with E-state index in [1.807, 2.05) is 13.0 Å². The van der Waals surface area contributed by atoms with Crippen molar-refractivity contribution in [1.82, 2.24) is 4.90 Å². The first-order valence-corrected chi connectivity index (χ1v) is 5.82. The van der Waals surface area contributed by atoms with Crippen molar-refractivity contribution in [2.24, 2.45) is 0 Å². The zero-order valence-electron chi connectivity index (χ0n) is 9.32. The number of benzene rings is 1. The fourth-order valence-corrected chi connectivity index (χ4v) is 1.72. The number of hydrogen-bond acceptors (Lipinski definition) is 2. The molecule has 0 heterocycles. The fourth-order valence-electron chi connectivity index (χ4n) is 1.51. The van der Waals surface area contributed by atoms with E-state index >= 15 is 0 Å². The van der Waals surface area contributed by atoms with Gasteiger partial charge in [0, 0.05) is 19.0 Å². The van der Waals surface area contributed by atoms with Crippen molar-refractivity contribution < 1.29 is 9.90 Å². The lowest BCUT2D eigenvalue weighted by atomic mass is 10.1. The van der Waals surface area contributed by atoms with Gasteiger partial charge in [-0.3, -0.25) is 4.79 Å². The van der Waals surface area contributed by atoms with Crippen LogP contribution >= 0.6 is 11.6 Å². The van der Waals surface area contributed by atoms with E-state index in [2.05, 4.69) is 0 Å². The minimum absolute atomic E-state index is 0.0359. The second-order valence-electron chi connectivity index (χ2n) is 3.51. The minimum atomic E-state index is 0.0359. The lowest BCUT2D eigenvalue weighted by molar-refractivity contribution is -0.130. The van der Waals surface area contributed by atoms with Crippen LogP contribution in [0.2, 0.25) is 0 Å². The Balaban J connectivity index is 2.62. The van der Waals surface area contributed by atoms with Crippen molar-refractivity contribution >= 4 is 17.5 Å². The number of hydrogen-bond donors (Lipinski definition) is 1. The van der Waals surface area contributed by atoms with Crippen molar-refractivity contribution in [3.63, 3.8) is 0 Å². The van der Waals surface area contributed by atoms with Gasteiger partial charge in [-0.25, -0.2) is 0 Å². The Hall–Kier alpha value is -1.22. The first kappa shape index (κ1) is 12.8. The summed E-state index contributed by atoms with van der Waals surface area (Å²) >= 11 is 5.61. The number of phenolic OH excluding ortho intramolecular Hbond substituents is 1. The molecule has 0 aliphatic rings. The molecule has 16 heavy (non-hydrogen) atoms. The Labute approximate surface area is 101 Å². The quantitative estimate of drug-likeness (QED) is 0.802. The first-order chi connectivity index (χ1) is 7.67. The summed E-state index contributed by atoms with van der Waals surface area (Å²) in [5.74, 6) is 0.666. The Morgan fingerprint density at radius 2 is 2.25 bits per heavy atom. The van der Waals surface area contributed by atoms with E-state index in [9.17, 15) is 9.90 Å². The Bertz CT molecular complexity index is 355. The number of rotatable bonds is 5. The van der Waals surface area contributed by atoms with Gasteiger partial charge >= 0.3 is 0 Å². The van der Waals surface area contributed by atoms with Crippen molar-refractivity contribution in [3.8, 4) is 5.75 Å². The summed E-state index contributed by atoms with van der Waals surface area (Å²) in [4.78, 5) is 13.5. The summed E-state index contributed by atoms with van der Waals surface area (Å²) < 4.78 is 0. The molecular weight excluding hydrogens is 226 g/mol. The maximum atomic E-state index is 11.8. The summed E-state index contributed by atoms with van der Waals surface area (Å²) in [6.07, 6.45) is 0.305. The van der Waals surface area contributed by atoms with Gasteiger partial charge in [-0.2, -0.15) is 0 Å². The number of aromatic hydroxyl groups is 1. The largest absolute Gasteiger partial charge is 0.508 e. The standard InChI is InChI=1S/C12H16ClNO2/c1-2-14(7-6-13)12(16)9-10-4-3-5-11(15)8-10/h3-5,8,15H,2,6-7,9H2,1H3. The molecule has 1 rings (SSSR count). The highest BCUT2D eigenvalue weighted by Gasteiger charge is 2.11. The molecule has 0 bridgehead atoms. The third-order valence-corrected chi connectivity index (χ3v) is 2.52. The Morgan fingerprint density at radius 1 is 1.50 bits per heavy atom. The van der Waals surface area contributed by atoms with Crippen LogP contribution < -0.4 is 0 Å². The summed E-state index contributed by atoms with van der Waals surface area (Å²) in [6, 6.07) is 6.75. The average molecular weight is 242 g/mol. The van der Waals surface area contributed by atoms with Gasteiger partial charge in [0.05, 0.1) is 6.42 Å². The van der Waals surface area contributed by atoms with Gasteiger partial charge in [0.1, 0.15) is 5.75 Å². The second-order valence-corrected chi connectivity index (χ2v) is 3.89. The number of nitrogens with zero attached hydrogens (tertiary/aromatic N) is 1. The molecule has 0 spiro atoms. The van der Waals surface area contributed by atoms with Crippen molar-refractivity contribution in [2.45, 2.75) is 13.3 Å². The molecule has 3 nitrogen and oxygen atoms in total. The molecule has 0 aromatic heterocycles. The van der Waals surface area contributed by atoms with Crippen molar-refractivity contribution in [1.29, 1.82) is 0 Å². The molecule has 0 radical (unpaired) electrons. The van der Waals surface area contributed by atoms with Crippen LogP contribution in [0.5, 0.6) is 5.75 Å². The number of likely N-dealkylation sites (N-methyl/N-ethyl adjacent to an activating group) is 1. The van der Waals surface area contributed by atoms with Crippen LogP contribution in [-0.2, 0) is 11.2 Å². The van der Waals surface area contributed by atoms with Crippen LogP contribution in [-0.4, -0.2) is 34.9 Å². The number of phenols is 1.